The molecule has 108 valence electrons. The van der Waals surface area contributed by atoms with Crippen LogP contribution in [0.3, 0.4) is 0 Å². The lowest BCUT2D eigenvalue weighted by Gasteiger charge is -2.15. The molecular weight excluding hydrogens is 274 g/mol. The zero-order valence-electron chi connectivity index (χ0n) is 11.5. The van der Waals surface area contributed by atoms with Gasteiger partial charge in [-0.25, -0.2) is 4.68 Å². The van der Waals surface area contributed by atoms with Crippen LogP contribution in [-0.4, -0.2) is 39.4 Å². The summed E-state index contributed by atoms with van der Waals surface area (Å²) in [5, 5.41) is 10.0. The molecular formula is C13H19N5OS. The second-order valence-electron chi connectivity index (χ2n) is 4.63. The van der Waals surface area contributed by atoms with Crippen molar-refractivity contribution in [1.82, 2.24) is 19.9 Å². The molecule has 20 heavy (non-hydrogen) atoms. The van der Waals surface area contributed by atoms with Crippen molar-refractivity contribution in [3.63, 3.8) is 0 Å². The molecule has 2 aromatic rings. The van der Waals surface area contributed by atoms with Gasteiger partial charge in [-0.05, 0) is 30.8 Å². The molecule has 0 aromatic carbocycles. The van der Waals surface area contributed by atoms with Gasteiger partial charge in [0.05, 0.1) is 12.2 Å². The zero-order valence-corrected chi connectivity index (χ0v) is 12.3. The minimum Gasteiger partial charge on any atom is -0.339 e. The highest BCUT2D eigenvalue weighted by atomic mass is 32.1. The third-order valence-corrected chi connectivity index (χ3v) is 3.78. The lowest BCUT2D eigenvalue weighted by Crippen LogP contribution is -2.29. The Morgan fingerprint density at radius 2 is 2.40 bits per heavy atom. The summed E-state index contributed by atoms with van der Waals surface area (Å²) in [5.74, 6) is 0.0219. The quantitative estimate of drug-likeness (QED) is 0.822. The van der Waals surface area contributed by atoms with Crippen LogP contribution in [0, 0.1) is 0 Å². The number of hydrogen-bond acceptors (Lipinski definition) is 5. The Morgan fingerprint density at radius 3 is 3.10 bits per heavy atom. The number of rotatable bonds is 7. The number of thiophene rings is 1. The number of likely N-dealkylation sites (N-methyl/N-ethyl adjacent to an activating group) is 1. The molecule has 2 aromatic heterocycles. The normalized spacial score (nSPS) is 10.7. The van der Waals surface area contributed by atoms with Crippen LogP contribution in [0.5, 0.6) is 0 Å². The second kappa shape index (κ2) is 7.16. The monoisotopic (exact) mass is 293 g/mol. The van der Waals surface area contributed by atoms with Crippen molar-refractivity contribution < 1.29 is 4.79 Å². The molecule has 2 rings (SSSR count). The predicted octanol–water partition coefficient (Wildman–Crippen LogP) is 0.889. The highest BCUT2D eigenvalue weighted by Gasteiger charge is 2.11. The summed E-state index contributed by atoms with van der Waals surface area (Å²) in [6.07, 6.45) is 3.49. The Hall–Kier alpha value is -1.73. The summed E-state index contributed by atoms with van der Waals surface area (Å²) in [6, 6.07) is 4.01. The maximum Gasteiger partial charge on any atom is 0.244 e. The summed E-state index contributed by atoms with van der Waals surface area (Å²) in [5.41, 5.74) is 6.33. The Balaban J connectivity index is 1.85. The number of aryl methyl sites for hydroxylation is 1. The van der Waals surface area contributed by atoms with Crippen molar-refractivity contribution in [2.45, 2.75) is 25.9 Å². The molecule has 0 atom stereocenters. The van der Waals surface area contributed by atoms with Gasteiger partial charge in [0.15, 0.2) is 0 Å². The van der Waals surface area contributed by atoms with Crippen LogP contribution in [0.15, 0.2) is 23.7 Å². The van der Waals surface area contributed by atoms with Crippen LogP contribution in [0.1, 0.15) is 17.0 Å². The largest absolute Gasteiger partial charge is 0.339 e. The van der Waals surface area contributed by atoms with E-state index in [-0.39, 0.29) is 12.5 Å². The predicted molar refractivity (Wildman–Crippen MR) is 78.2 cm³/mol. The topological polar surface area (TPSA) is 77.0 Å². The minimum absolute atomic E-state index is 0.0219. The first-order chi connectivity index (χ1) is 9.69. The van der Waals surface area contributed by atoms with E-state index < -0.39 is 0 Å². The molecule has 0 bridgehead atoms. The van der Waals surface area contributed by atoms with Crippen molar-refractivity contribution >= 4 is 17.2 Å². The molecule has 0 aliphatic rings. The van der Waals surface area contributed by atoms with E-state index in [0.29, 0.717) is 13.1 Å². The molecule has 0 aliphatic carbocycles. The molecule has 1 amide bonds. The Labute approximate surface area is 122 Å². The molecule has 2 N–H and O–H groups in total. The van der Waals surface area contributed by atoms with Crippen LogP contribution in [-0.2, 0) is 24.3 Å². The third kappa shape index (κ3) is 4.14. The second-order valence-corrected chi connectivity index (χ2v) is 5.66. The van der Waals surface area contributed by atoms with Gasteiger partial charge in [0.25, 0.3) is 0 Å². The molecule has 0 spiro atoms. The van der Waals surface area contributed by atoms with E-state index in [4.69, 9.17) is 5.73 Å². The van der Waals surface area contributed by atoms with E-state index in [1.165, 1.54) is 4.88 Å². The number of nitrogens with zero attached hydrogens (tertiary/aromatic N) is 4. The van der Waals surface area contributed by atoms with Crippen LogP contribution < -0.4 is 5.73 Å². The number of carbonyl (C=O) groups is 1. The van der Waals surface area contributed by atoms with Crippen LogP contribution in [0.2, 0.25) is 0 Å². The molecule has 7 heteroatoms. The van der Waals surface area contributed by atoms with Gasteiger partial charge in [0.2, 0.25) is 5.91 Å². The molecule has 0 fully saturated rings. The summed E-state index contributed by atoms with van der Waals surface area (Å²) >= 11 is 1.65. The van der Waals surface area contributed by atoms with Gasteiger partial charge in [0, 0.05) is 18.1 Å². The molecule has 2 heterocycles. The number of hydrogen-bond donors (Lipinski definition) is 1. The fourth-order valence-electron chi connectivity index (χ4n) is 1.80. The lowest BCUT2D eigenvalue weighted by molar-refractivity contribution is -0.131. The average Bonchev–Trinajstić information content (AvgIpc) is 3.08. The van der Waals surface area contributed by atoms with Crippen LogP contribution in [0.4, 0.5) is 0 Å². The smallest absolute Gasteiger partial charge is 0.244 e. The third-order valence-electron chi connectivity index (χ3n) is 2.92. The summed E-state index contributed by atoms with van der Waals surface area (Å²) < 4.78 is 1.58. The van der Waals surface area contributed by atoms with Crippen molar-refractivity contribution in [2.75, 3.05) is 13.6 Å². The highest BCUT2D eigenvalue weighted by molar-refractivity contribution is 7.09. The number of nitrogens with two attached hydrogens (primary N) is 1. The first-order valence-electron chi connectivity index (χ1n) is 6.54. The van der Waals surface area contributed by atoms with Crippen molar-refractivity contribution in [3.05, 3.63) is 34.3 Å². The van der Waals surface area contributed by atoms with Crippen LogP contribution >= 0.6 is 11.3 Å². The Bertz CT molecular complexity index is 537. The molecule has 6 nitrogen and oxygen atoms in total. The van der Waals surface area contributed by atoms with Gasteiger partial charge >= 0.3 is 0 Å². The fourth-order valence-corrected chi connectivity index (χ4v) is 2.55. The first-order valence-corrected chi connectivity index (χ1v) is 7.42. The van der Waals surface area contributed by atoms with Crippen LogP contribution in [0.25, 0.3) is 0 Å². The SMILES string of the molecule is CN(Cc1cccs1)C(=O)Cn1cc(CCCN)nn1. The van der Waals surface area contributed by atoms with E-state index in [2.05, 4.69) is 10.3 Å². The van der Waals surface area contributed by atoms with Crippen molar-refractivity contribution in [1.29, 1.82) is 0 Å². The zero-order chi connectivity index (χ0) is 14.4. The number of aromatic nitrogens is 3. The van der Waals surface area contributed by atoms with E-state index >= 15 is 0 Å². The standard InChI is InChI=1S/C13H19N5OS/c1-17(9-12-5-3-7-20-12)13(19)10-18-8-11(15-16-18)4-2-6-14/h3,5,7-8H,2,4,6,9-10,14H2,1H3. The highest BCUT2D eigenvalue weighted by Crippen LogP contribution is 2.11. The summed E-state index contributed by atoms with van der Waals surface area (Å²) in [7, 11) is 1.80. The Morgan fingerprint density at radius 1 is 1.55 bits per heavy atom. The summed E-state index contributed by atoms with van der Waals surface area (Å²) in [6.45, 7) is 1.48. The molecule has 0 unspecified atom stereocenters. The van der Waals surface area contributed by atoms with Gasteiger partial charge in [0.1, 0.15) is 6.54 Å². The van der Waals surface area contributed by atoms with Gasteiger partial charge in [-0.1, -0.05) is 11.3 Å². The minimum atomic E-state index is 0.0219. The van der Waals surface area contributed by atoms with Gasteiger partial charge < -0.3 is 10.6 Å². The van der Waals surface area contributed by atoms with Crippen molar-refractivity contribution in [3.8, 4) is 0 Å². The first kappa shape index (κ1) is 14.7. The van der Waals surface area contributed by atoms with E-state index in [9.17, 15) is 4.79 Å². The van der Waals surface area contributed by atoms with Gasteiger partial charge in [-0.2, -0.15) is 0 Å². The molecule has 0 radical (unpaired) electrons. The maximum absolute atomic E-state index is 12.1. The van der Waals surface area contributed by atoms with Gasteiger partial charge in [-0.3, -0.25) is 4.79 Å². The fraction of sp³-hybridized carbons (Fsp3) is 0.462. The lowest BCUT2D eigenvalue weighted by atomic mass is 10.2. The van der Waals surface area contributed by atoms with Crippen molar-refractivity contribution in [2.24, 2.45) is 5.73 Å². The number of carbonyl (C=O) groups excluding carboxylic acids is 1. The molecule has 0 saturated heterocycles. The number of amides is 1. The average molecular weight is 293 g/mol. The molecule has 0 saturated carbocycles. The van der Waals surface area contributed by atoms with E-state index in [1.807, 2.05) is 23.7 Å². The van der Waals surface area contributed by atoms with E-state index in [0.717, 1.165) is 18.5 Å². The summed E-state index contributed by atoms with van der Waals surface area (Å²) in [4.78, 5) is 15.0. The van der Waals surface area contributed by atoms with Gasteiger partial charge in [-0.15, -0.1) is 16.4 Å². The maximum atomic E-state index is 12.1. The van der Waals surface area contributed by atoms with E-state index in [1.54, 1.807) is 28.0 Å². The molecule has 0 aliphatic heterocycles. The Kier molecular flexibility index (Phi) is 5.25.